The summed E-state index contributed by atoms with van der Waals surface area (Å²) in [6.45, 7) is 3.70. The Bertz CT molecular complexity index is 219. The van der Waals surface area contributed by atoms with E-state index in [0.717, 1.165) is 0 Å². The molecular weight excluding hydrogens is 218 g/mol. The Hall–Kier alpha value is -0.770. The zero-order valence-electron chi connectivity index (χ0n) is 9.38. The fraction of sp³-hybridized carbons (Fsp3) is 0.800. The highest BCUT2D eigenvalue weighted by atomic mass is 35.5. The molecule has 0 aromatic heterocycles. The van der Waals surface area contributed by atoms with E-state index in [1.165, 1.54) is 7.11 Å². The minimum absolute atomic E-state index is 0.0115. The first kappa shape index (κ1) is 14.2. The van der Waals surface area contributed by atoms with Crippen LogP contribution in [0.3, 0.4) is 0 Å². The Morgan fingerprint density at radius 2 is 2.00 bits per heavy atom. The van der Waals surface area contributed by atoms with Gasteiger partial charge in [-0.15, -0.1) is 11.6 Å². The summed E-state index contributed by atoms with van der Waals surface area (Å²) in [6.07, 6.45) is 0.948. The van der Waals surface area contributed by atoms with Crippen molar-refractivity contribution < 1.29 is 14.3 Å². The Labute approximate surface area is 95.3 Å². The molecule has 0 aliphatic rings. The lowest BCUT2D eigenvalue weighted by molar-refractivity contribution is -0.146. The molecule has 0 saturated carbocycles. The summed E-state index contributed by atoms with van der Waals surface area (Å²) in [6, 6.07) is -0.571. The molecule has 0 radical (unpaired) electrons. The first-order valence-corrected chi connectivity index (χ1v) is 5.49. The highest BCUT2D eigenvalue weighted by Crippen LogP contribution is 2.04. The molecule has 1 N–H and O–H groups in total. The summed E-state index contributed by atoms with van der Waals surface area (Å²) < 4.78 is 4.60. The fourth-order valence-electron chi connectivity index (χ4n) is 1.10. The van der Waals surface area contributed by atoms with Gasteiger partial charge in [-0.05, 0) is 12.3 Å². The molecule has 0 saturated heterocycles. The van der Waals surface area contributed by atoms with Gasteiger partial charge in [-0.3, -0.25) is 4.79 Å². The molecule has 88 valence electrons. The molecule has 0 aliphatic carbocycles. The normalized spacial score (nSPS) is 12.3. The van der Waals surface area contributed by atoms with E-state index in [9.17, 15) is 9.59 Å². The van der Waals surface area contributed by atoms with Gasteiger partial charge in [0.25, 0.3) is 0 Å². The van der Waals surface area contributed by atoms with Crippen molar-refractivity contribution in [3.05, 3.63) is 0 Å². The smallest absolute Gasteiger partial charge is 0.328 e. The molecule has 4 nitrogen and oxygen atoms in total. The quantitative estimate of drug-likeness (QED) is 0.558. The SMILES string of the molecule is COC(=O)C(NC(=O)CCCCl)C(C)C. The molecule has 0 aromatic carbocycles. The van der Waals surface area contributed by atoms with Crippen molar-refractivity contribution in [3.8, 4) is 0 Å². The van der Waals surface area contributed by atoms with E-state index in [0.29, 0.717) is 18.7 Å². The number of hydrogen-bond donors (Lipinski definition) is 1. The largest absolute Gasteiger partial charge is 0.467 e. The van der Waals surface area contributed by atoms with Gasteiger partial charge < -0.3 is 10.1 Å². The minimum Gasteiger partial charge on any atom is -0.467 e. The summed E-state index contributed by atoms with van der Waals surface area (Å²) in [5, 5.41) is 2.63. The van der Waals surface area contributed by atoms with Crippen LogP contribution in [0, 0.1) is 5.92 Å². The van der Waals surface area contributed by atoms with E-state index < -0.39 is 12.0 Å². The lowest BCUT2D eigenvalue weighted by atomic mass is 10.0. The molecule has 0 rings (SSSR count). The van der Waals surface area contributed by atoms with Crippen LogP contribution in [0.25, 0.3) is 0 Å². The molecule has 1 amide bonds. The number of carbonyl (C=O) groups is 2. The van der Waals surface area contributed by atoms with Gasteiger partial charge in [0.2, 0.25) is 5.91 Å². The second-order valence-corrected chi connectivity index (χ2v) is 3.98. The van der Waals surface area contributed by atoms with Crippen LogP contribution in [0.15, 0.2) is 0 Å². The summed E-state index contributed by atoms with van der Waals surface area (Å²) >= 11 is 5.46. The van der Waals surface area contributed by atoms with E-state index in [1.807, 2.05) is 13.8 Å². The molecular formula is C10H18ClNO3. The molecule has 0 aliphatic heterocycles. The van der Waals surface area contributed by atoms with Crippen molar-refractivity contribution in [1.29, 1.82) is 0 Å². The number of carbonyl (C=O) groups excluding carboxylic acids is 2. The predicted molar refractivity (Wildman–Crippen MR) is 58.7 cm³/mol. The number of esters is 1. The average Bonchev–Trinajstić information content (AvgIpc) is 2.21. The molecule has 0 heterocycles. The number of alkyl halides is 1. The van der Waals surface area contributed by atoms with Gasteiger partial charge in [0, 0.05) is 12.3 Å². The monoisotopic (exact) mass is 235 g/mol. The Morgan fingerprint density at radius 3 is 2.40 bits per heavy atom. The van der Waals surface area contributed by atoms with Crippen LogP contribution >= 0.6 is 11.6 Å². The first-order valence-electron chi connectivity index (χ1n) is 4.96. The number of halogens is 1. The van der Waals surface area contributed by atoms with Crippen LogP contribution in [0.5, 0.6) is 0 Å². The van der Waals surface area contributed by atoms with Crippen LogP contribution in [0.4, 0.5) is 0 Å². The van der Waals surface area contributed by atoms with Crippen molar-refractivity contribution in [2.45, 2.75) is 32.7 Å². The lowest BCUT2D eigenvalue weighted by Crippen LogP contribution is -2.44. The van der Waals surface area contributed by atoms with Crippen LogP contribution in [-0.2, 0) is 14.3 Å². The van der Waals surface area contributed by atoms with Crippen LogP contribution in [0.2, 0.25) is 0 Å². The Kier molecular flexibility index (Phi) is 7.13. The molecule has 0 spiro atoms. The maximum atomic E-state index is 11.4. The molecule has 0 aromatic rings. The lowest BCUT2D eigenvalue weighted by Gasteiger charge is -2.19. The predicted octanol–water partition coefficient (Wildman–Crippen LogP) is 1.32. The van der Waals surface area contributed by atoms with E-state index in [1.54, 1.807) is 0 Å². The first-order chi connectivity index (χ1) is 7.02. The van der Waals surface area contributed by atoms with Crippen LogP contribution in [-0.4, -0.2) is 30.9 Å². The van der Waals surface area contributed by atoms with E-state index in [4.69, 9.17) is 11.6 Å². The summed E-state index contributed by atoms with van der Waals surface area (Å²) in [7, 11) is 1.31. The third-order valence-electron chi connectivity index (χ3n) is 1.98. The fourth-order valence-corrected chi connectivity index (χ4v) is 1.23. The van der Waals surface area contributed by atoms with Gasteiger partial charge in [-0.2, -0.15) is 0 Å². The summed E-state index contributed by atoms with van der Waals surface area (Å²) in [4.78, 5) is 22.7. The topological polar surface area (TPSA) is 55.4 Å². The van der Waals surface area contributed by atoms with E-state index in [-0.39, 0.29) is 11.8 Å². The van der Waals surface area contributed by atoms with Crippen LogP contribution < -0.4 is 5.32 Å². The molecule has 0 fully saturated rings. The highest BCUT2D eigenvalue weighted by Gasteiger charge is 2.24. The van der Waals surface area contributed by atoms with Crippen LogP contribution in [0.1, 0.15) is 26.7 Å². The molecule has 1 unspecified atom stereocenters. The highest BCUT2D eigenvalue weighted by molar-refractivity contribution is 6.17. The van der Waals surface area contributed by atoms with Gasteiger partial charge in [-0.25, -0.2) is 4.79 Å². The number of nitrogens with one attached hydrogen (secondary N) is 1. The molecule has 15 heavy (non-hydrogen) atoms. The summed E-state index contributed by atoms with van der Waals surface area (Å²) in [5.41, 5.74) is 0. The number of amides is 1. The van der Waals surface area contributed by atoms with Crippen molar-refractivity contribution in [2.24, 2.45) is 5.92 Å². The Balaban J connectivity index is 4.17. The van der Waals surface area contributed by atoms with Gasteiger partial charge in [0.15, 0.2) is 0 Å². The van der Waals surface area contributed by atoms with Gasteiger partial charge in [-0.1, -0.05) is 13.8 Å². The number of hydrogen-bond acceptors (Lipinski definition) is 3. The second kappa shape index (κ2) is 7.51. The van der Waals surface area contributed by atoms with Gasteiger partial charge in [0.05, 0.1) is 7.11 Å². The molecule has 1 atom stereocenters. The number of ether oxygens (including phenoxy) is 1. The Morgan fingerprint density at radius 1 is 1.40 bits per heavy atom. The molecule has 5 heteroatoms. The number of rotatable bonds is 6. The van der Waals surface area contributed by atoms with Crippen molar-refractivity contribution in [1.82, 2.24) is 5.32 Å². The van der Waals surface area contributed by atoms with Crippen molar-refractivity contribution >= 4 is 23.5 Å². The maximum Gasteiger partial charge on any atom is 0.328 e. The molecule has 0 bridgehead atoms. The standard InChI is InChI=1S/C10H18ClNO3/c1-7(2)9(10(14)15-3)12-8(13)5-4-6-11/h7,9H,4-6H2,1-3H3,(H,12,13). The maximum absolute atomic E-state index is 11.4. The third kappa shape index (κ3) is 5.62. The minimum atomic E-state index is -0.571. The zero-order valence-corrected chi connectivity index (χ0v) is 10.1. The van der Waals surface area contributed by atoms with Gasteiger partial charge in [0.1, 0.15) is 6.04 Å². The average molecular weight is 236 g/mol. The zero-order chi connectivity index (χ0) is 11.8. The van der Waals surface area contributed by atoms with E-state index >= 15 is 0 Å². The van der Waals surface area contributed by atoms with Crippen molar-refractivity contribution in [2.75, 3.05) is 13.0 Å². The number of methoxy groups -OCH3 is 1. The third-order valence-corrected chi connectivity index (χ3v) is 2.24. The second-order valence-electron chi connectivity index (χ2n) is 3.60. The summed E-state index contributed by atoms with van der Waals surface area (Å²) in [5.74, 6) is -0.126. The van der Waals surface area contributed by atoms with Gasteiger partial charge >= 0.3 is 5.97 Å². The van der Waals surface area contributed by atoms with Crippen molar-refractivity contribution in [3.63, 3.8) is 0 Å². The van der Waals surface area contributed by atoms with E-state index in [2.05, 4.69) is 10.1 Å².